The number of hydrogen-bond donors (Lipinski definition) is 5. The second-order valence-electron chi connectivity index (χ2n) is 4.96. The first kappa shape index (κ1) is 17.6. The zero-order valence-electron chi connectivity index (χ0n) is 12.0. The fraction of sp³-hybridized carbons (Fsp3) is 0.467. The predicted molar refractivity (Wildman–Crippen MR) is 77.2 cm³/mol. The molecule has 0 aromatic heterocycles. The van der Waals surface area contributed by atoms with Crippen molar-refractivity contribution in [2.24, 2.45) is 0 Å². The minimum Gasteiger partial charge on any atom is -0.498 e. The topological polar surface area (TPSA) is 110 Å². The molecule has 1 aromatic carbocycles. The molecule has 0 aliphatic rings. The molecule has 118 valence electrons. The lowest BCUT2D eigenvalue weighted by Crippen LogP contribution is -2.53. The average molecular weight is 298 g/mol. The number of methoxy groups -OCH3 is 1. The molecule has 0 unspecified atom stereocenters. The third kappa shape index (κ3) is 4.26. The first-order chi connectivity index (χ1) is 9.84. The van der Waals surface area contributed by atoms with E-state index in [1.807, 2.05) is 6.07 Å². The van der Waals surface area contributed by atoms with Gasteiger partial charge in [-0.15, -0.1) is 0 Å². The van der Waals surface area contributed by atoms with Gasteiger partial charge in [0.05, 0.1) is 13.7 Å². The zero-order valence-corrected chi connectivity index (χ0v) is 12.0. The van der Waals surface area contributed by atoms with E-state index in [1.54, 1.807) is 24.3 Å². The first-order valence-electron chi connectivity index (χ1n) is 6.53. The monoisotopic (exact) mass is 298 g/mol. The lowest BCUT2D eigenvalue weighted by molar-refractivity contribution is -0.149. The van der Waals surface area contributed by atoms with Gasteiger partial charge < -0.3 is 30.3 Å². The van der Waals surface area contributed by atoms with Crippen LogP contribution in [0.3, 0.4) is 0 Å². The molecule has 0 amide bonds. The van der Waals surface area contributed by atoms with Gasteiger partial charge in [0.1, 0.15) is 29.7 Å². The molecule has 0 saturated carbocycles. The van der Waals surface area contributed by atoms with Gasteiger partial charge in [-0.1, -0.05) is 30.3 Å². The van der Waals surface area contributed by atoms with Crippen LogP contribution in [0.25, 0.3) is 6.08 Å². The van der Waals surface area contributed by atoms with Gasteiger partial charge in [0, 0.05) is 0 Å². The van der Waals surface area contributed by atoms with Gasteiger partial charge in [-0.05, 0) is 18.6 Å². The standard InChI is InChI=1S/C15H22O6/c1-15(20,14(19)13(18)11(17)9-16)12(21-2)8-10-6-4-3-5-7-10/h3-8,11,13-14,16-20H,9H2,1-2H3/t11-,13-,14+,15+/m1/s1. The summed E-state index contributed by atoms with van der Waals surface area (Å²) < 4.78 is 5.10. The van der Waals surface area contributed by atoms with Gasteiger partial charge in [-0.25, -0.2) is 0 Å². The largest absolute Gasteiger partial charge is 0.498 e. The third-order valence-corrected chi connectivity index (χ3v) is 3.30. The van der Waals surface area contributed by atoms with Crippen LogP contribution in [0.15, 0.2) is 36.1 Å². The van der Waals surface area contributed by atoms with Crippen LogP contribution in [-0.4, -0.2) is 63.2 Å². The second kappa shape index (κ2) is 7.53. The number of aliphatic hydroxyl groups excluding tert-OH is 4. The van der Waals surface area contributed by atoms with Crippen molar-refractivity contribution >= 4 is 6.08 Å². The van der Waals surface area contributed by atoms with Crippen LogP contribution in [0.5, 0.6) is 0 Å². The summed E-state index contributed by atoms with van der Waals surface area (Å²) in [7, 11) is 1.32. The van der Waals surface area contributed by atoms with Gasteiger partial charge in [0.25, 0.3) is 0 Å². The molecule has 0 heterocycles. The van der Waals surface area contributed by atoms with Crippen molar-refractivity contribution in [2.45, 2.75) is 30.8 Å². The zero-order chi connectivity index (χ0) is 16.0. The maximum atomic E-state index is 10.4. The van der Waals surface area contributed by atoms with Crippen molar-refractivity contribution in [3.63, 3.8) is 0 Å². The summed E-state index contributed by atoms with van der Waals surface area (Å²) in [5.41, 5.74) is -1.21. The summed E-state index contributed by atoms with van der Waals surface area (Å²) in [5.74, 6) is 0.0189. The average Bonchev–Trinajstić information content (AvgIpc) is 2.50. The molecule has 0 aliphatic carbocycles. The smallest absolute Gasteiger partial charge is 0.147 e. The minimum atomic E-state index is -1.94. The van der Waals surface area contributed by atoms with Crippen molar-refractivity contribution < 1.29 is 30.3 Å². The normalized spacial score (nSPS) is 19.5. The lowest BCUT2D eigenvalue weighted by Gasteiger charge is -2.34. The van der Waals surface area contributed by atoms with Gasteiger partial charge >= 0.3 is 0 Å². The Morgan fingerprint density at radius 1 is 1.24 bits per heavy atom. The van der Waals surface area contributed by atoms with E-state index in [2.05, 4.69) is 0 Å². The third-order valence-electron chi connectivity index (χ3n) is 3.30. The van der Waals surface area contributed by atoms with Gasteiger partial charge in [-0.2, -0.15) is 0 Å². The van der Waals surface area contributed by atoms with E-state index in [4.69, 9.17) is 9.84 Å². The number of benzene rings is 1. The number of rotatable bonds is 7. The van der Waals surface area contributed by atoms with Crippen LogP contribution < -0.4 is 0 Å². The summed E-state index contributed by atoms with van der Waals surface area (Å²) >= 11 is 0. The van der Waals surface area contributed by atoms with E-state index in [-0.39, 0.29) is 5.76 Å². The molecule has 0 saturated heterocycles. The van der Waals surface area contributed by atoms with Crippen molar-refractivity contribution in [1.29, 1.82) is 0 Å². The predicted octanol–water partition coefficient (Wildman–Crippen LogP) is -0.500. The van der Waals surface area contributed by atoms with Crippen LogP contribution in [0.2, 0.25) is 0 Å². The Bertz CT molecular complexity index is 456. The second-order valence-corrected chi connectivity index (χ2v) is 4.96. The van der Waals surface area contributed by atoms with Crippen LogP contribution in [0.1, 0.15) is 12.5 Å². The van der Waals surface area contributed by atoms with E-state index in [9.17, 15) is 20.4 Å². The quantitative estimate of drug-likeness (QED) is 0.434. The van der Waals surface area contributed by atoms with Crippen LogP contribution in [0, 0.1) is 0 Å². The highest BCUT2D eigenvalue weighted by Crippen LogP contribution is 2.26. The Hall–Kier alpha value is -1.44. The van der Waals surface area contributed by atoms with E-state index in [0.29, 0.717) is 0 Å². The van der Waals surface area contributed by atoms with E-state index < -0.39 is 30.5 Å². The van der Waals surface area contributed by atoms with Crippen LogP contribution in [-0.2, 0) is 4.74 Å². The molecule has 5 N–H and O–H groups in total. The number of ether oxygens (including phenoxy) is 1. The maximum absolute atomic E-state index is 10.4. The highest BCUT2D eigenvalue weighted by molar-refractivity contribution is 5.53. The fourth-order valence-electron chi connectivity index (χ4n) is 1.91. The van der Waals surface area contributed by atoms with Crippen molar-refractivity contribution in [3.05, 3.63) is 41.7 Å². The first-order valence-corrected chi connectivity index (χ1v) is 6.53. The van der Waals surface area contributed by atoms with Gasteiger partial charge in [0.15, 0.2) is 0 Å². The molecule has 0 radical (unpaired) electrons. The summed E-state index contributed by atoms with van der Waals surface area (Å²) in [6.45, 7) is 0.516. The molecule has 0 aliphatic heterocycles. The molecule has 1 rings (SSSR count). The van der Waals surface area contributed by atoms with Crippen molar-refractivity contribution in [3.8, 4) is 0 Å². The Labute approximate surface area is 123 Å². The van der Waals surface area contributed by atoms with Crippen LogP contribution >= 0.6 is 0 Å². The van der Waals surface area contributed by atoms with Crippen molar-refractivity contribution in [2.75, 3.05) is 13.7 Å². The van der Waals surface area contributed by atoms with Gasteiger partial charge in [-0.3, -0.25) is 0 Å². The van der Waals surface area contributed by atoms with Crippen LogP contribution in [0.4, 0.5) is 0 Å². The Kier molecular flexibility index (Phi) is 6.32. The molecule has 4 atom stereocenters. The molecular formula is C15H22O6. The summed E-state index contributed by atoms with van der Waals surface area (Å²) in [4.78, 5) is 0. The SMILES string of the molecule is COC(=Cc1ccccc1)[C@](C)(O)[C@@H](O)[C@H](O)[C@H](O)CO. The highest BCUT2D eigenvalue weighted by atomic mass is 16.5. The molecule has 0 bridgehead atoms. The fourth-order valence-corrected chi connectivity index (χ4v) is 1.91. The number of aliphatic hydroxyl groups is 5. The lowest BCUT2D eigenvalue weighted by atomic mass is 9.89. The maximum Gasteiger partial charge on any atom is 0.147 e. The summed E-state index contributed by atoms with van der Waals surface area (Å²) in [6.07, 6.45) is -3.52. The summed E-state index contributed by atoms with van der Waals surface area (Å²) in [6, 6.07) is 8.99. The molecular weight excluding hydrogens is 276 g/mol. The molecule has 0 spiro atoms. The molecule has 6 nitrogen and oxygen atoms in total. The molecule has 6 heteroatoms. The molecule has 1 aromatic rings. The Morgan fingerprint density at radius 3 is 2.29 bits per heavy atom. The van der Waals surface area contributed by atoms with E-state index in [0.717, 1.165) is 5.56 Å². The van der Waals surface area contributed by atoms with E-state index in [1.165, 1.54) is 20.1 Å². The van der Waals surface area contributed by atoms with E-state index >= 15 is 0 Å². The number of hydrogen-bond acceptors (Lipinski definition) is 6. The molecule has 21 heavy (non-hydrogen) atoms. The van der Waals surface area contributed by atoms with Gasteiger partial charge in [0.2, 0.25) is 0 Å². The molecule has 0 fully saturated rings. The summed E-state index contributed by atoms with van der Waals surface area (Å²) in [5, 5.41) is 48.4. The minimum absolute atomic E-state index is 0.0189. The Balaban J connectivity index is 3.04. The highest BCUT2D eigenvalue weighted by Gasteiger charge is 2.42. The Morgan fingerprint density at radius 2 is 1.81 bits per heavy atom. The van der Waals surface area contributed by atoms with Crippen molar-refractivity contribution in [1.82, 2.24) is 0 Å².